The van der Waals surface area contributed by atoms with Crippen LogP contribution in [0, 0.1) is 6.92 Å². The topological polar surface area (TPSA) is 96.2 Å². The Hall–Kier alpha value is -2.57. The first-order valence-electron chi connectivity index (χ1n) is 6.80. The molecule has 1 aromatic carbocycles. The second kappa shape index (κ2) is 6.25. The van der Waals surface area contributed by atoms with Crippen molar-refractivity contribution >= 4 is 29.1 Å². The van der Waals surface area contributed by atoms with Gasteiger partial charge in [-0.15, -0.1) is 0 Å². The lowest BCUT2D eigenvalue weighted by molar-refractivity contribution is 0.209. The van der Waals surface area contributed by atoms with Crippen LogP contribution < -0.4 is 10.6 Å². The summed E-state index contributed by atoms with van der Waals surface area (Å²) in [6.45, 7) is 4.47. The van der Waals surface area contributed by atoms with Crippen LogP contribution in [0.5, 0.6) is 0 Å². The number of aromatic nitrogens is 2. The van der Waals surface area contributed by atoms with E-state index in [2.05, 4.69) is 15.6 Å². The number of fused-ring (bicyclic) bond motifs is 1. The summed E-state index contributed by atoms with van der Waals surface area (Å²) in [5, 5.41) is 13.8. The largest absolute Gasteiger partial charge is 0.465 e. The molecule has 21 heavy (non-hydrogen) atoms. The zero-order chi connectivity index (χ0) is 15.4. The highest BCUT2D eigenvalue weighted by Crippen LogP contribution is 2.20. The third-order valence-corrected chi connectivity index (χ3v) is 3.04. The van der Waals surface area contributed by atoms with E-state index in [1.165, 1.54) is 4.57 Å². The molecule has 2 rings (SSSR count). The maximum absolute atomic E-state index is 12.3. The Kier molecular flexibility index (Phi) is 4.42. The molecule has 0 aliphatic heterocycles. The minimum Gasteiger partial charge on any atom is -0.465 e. The average Bonchev–Trinajstić information content (AvgIpc) is 2.74. The summed E-state index contributed by atoms with van der Waals surface area (Å²) in [6, 6.07) is 5.02. The maximum atomic E-state index is 12.3. The predicted molar refractivity (Wildman–Crippen MR) is 79.8 cm³/mol. The molecular weight excluding hydrogens is 272 g/mol. The first-order chi connectivity index (χ1) is 10.0. The fourth-order valence-corrected chi connectivity index (χ4v) is 2.03. The first kappa shape index (κ1) is 14.8. The van der Waals surface area contributed by atoms with Gasteiger partial charge in [0, 0.05) is 6.54 Å². The molecule has 0 aliphatic rings. The van der Waals surface area contributed by atoms with Crippen molar-refractivity contribution < 1.29 is 14.7 Å². The number of rotatable bonds is 4. The molecule has 7 nitrogen and oxygen atoms in total. The number of anilines is 1. The van der Waals surface area contributed by atoms with Gasteiger partial charge in [-0.2, -0.15) is 0 Å². The first-order valence-corrected chi connectivity index (χ1v) is 6.80. The molecule has 0 bridgehead atoms. The monoisotopic (exact) mass is 290 g/mol. The highest BCUT2D eigenvalue weighted by molar-refractivity contribution is 5.96. The number of hydrogen-bond donors (Lipinski definition) is 3. The number of unbranched alkanes of at least 4 members (excludes halogenated alkanes) is 1. The van der Waals surface area contributed by atoms with E-state index in [9.17, 15) is 9.59 Å². The quantitative estimate of drug-likeness (QED) is 0.754. The highest BCUT2D eigenvalue weighted by atomic mass is 16.4. The Morgan fingerprint density at radius 3 is 2.81 bits per heavy atom. The van der Waals surface area contributed by atoms with Gasteiger partial charge >= 0.3 is 12.1 Å². The van der Waals surface area contributed by atoms with Crippen molar-refractivity contribution in [3.05, 3.63) is 23.8 Å². The molecule has 1 heterocycles. The third kappa shape index (κ3) is 3.31. The van der Waals surface area contributed by atoms with E-state index in [1.54, 1.807) is 12.1 Å². The van der Waals surface area contributed by atoms with Gasteiger partial charge in [-0.3, -0.25) is 5.32 Å². The lowest BCUT2D eigenvalue weighted by Crippen LogP contribution is -2.30. The smallest absolute Gasteiger partial charge is 0.411 e. The Morgan fingerprint density at radius 2 is 2.14 bits per heavy atom. The normalized spacial score (nSPS) is 10.6. The molecule has 2 amide bonds. The molecule has 1 aromatic heterocycles. The van der Waals surface area contributed by atoms with Crippen molar-refractivity contribution in [1.29, 1.82) is 0 Å². The van der Waals surface area contributed by atoms with Crippen LogP contribution in [0.1, 0.15) is 25.3 Å². The van der Waals surface area contributed by atoms with Gasteiger partial charge in [0.15, 0.2) is 0 Å². The summed E-state index contributed by atoms with van der Waals surface area (Å²) in [4.78, 5) is 27.3. The minimum atomic E-state index is -1.26. The zero-order valence-electron chi connectivity index (χ0n) is 12.0. The zero-order valence-corrected chi connectivity index (χ0v) is 12.0. The second-order valence-corrected chi connectivity index (χ2v) is 4.78. The second-order valence-electron chi connectivity index (χ2n) is 4.78. The summed E-state index contributed by atoms with van der Waals surface area (Å²) in [5.41, 5.74) is 2.13. The molecule has 2 aromatic rings. The van der Waals surface area contributed by atoms with Crippen LogP contribution >= 0.6 is 0 Å². The van der Waals surface area contributed by atoms with Gasteiger partial charge in [-0.05, 0) is 31.0 Å². The molecule has 7 heteroatoms. The van der Waals surface area contributed by atoms with E-state index in [0.717, 1.165) is 18.4 Å². The third-order valence-electron chi connectivity index (χ3n) is 3.04. The van der Waals surface area contributed by atoms with Gasteiger partial charge in [-0.1, -0.05) is 19.4 Å². The number of aryl methyl sites for hydroxylation is 1. The van der Waals surface area contributed by atoms with Crippen LogP contribution in [0.3, 0.4) is 0 Å². The van der Waals surface area contributed by atoms with Crippen LogP contribution in [-0.2, 0) is 0 Å². The number of nitrogens with one attached hydrogen (secondary N) is 2. The summed E-state index contributed by atoms with van der Waals surface area (Å²) >= 11 is 0. The molecule has 0 aliphatic carbocycles. The molecule has 0 saturated carbocycles. The number of amides is 2. The van der Waals surface area contributed by atoms with Crippen LogP contribution in [0.2, 0.25) is 0 Å². The fraction of sp³-hybridized carbons (Fsp3) is 0.357. The van der Waals surface area contributed by atoms with Crippen molar-refractivity contribution in [3.8, 4) is 0 Å². The number of carboxylic acid groups (broad SMARTS) is 1. The van der Waals surface area contributed by atoms with Crippen LogP contribution in [0.25, 0.3) is 11.0 Å². The number of hydrogen-bond acceptors (Lipinski definition) is 3. The summed E-state index contributed by atoms with van der Waals surface area (Å²) in [5.74, 6) is -0.00269. The standard InChI is InChI=1S/C14H18N4O3/c1-3-4-7-15-13(19)18-11-6-5-9(2)8-10(11)16-12(18)17-14(20)21/h5-6,8H,3-4,7H2,1-2H3,(H,15,19)(H,16,17)(H,20,21). The van der Waals surface area contributed by atoms with Crippen LogP contribution in [0.15, 0.2) is 18.2 Å². The van der Waals surface area contributed by atoms with Crippen molar-refractivity contribution in [2.24, 2.45) is 0 Å². The fourth-order valence-electron chi connectivity index (χ4n) is 2.03. The Morgan fingerprint density at radius 1 is 1.38 bits per heavy atom. The Balaban J connectivity index is 2.42. The maximum Gasteiger partial charge on any atom is 0.411 e. The molecule has 0 fully saturated rings. The van der Waals surface area contributed by atoms with E-state index < -0.39 is 12.1 Å². The van der Waals surface area contributed by atoms with Crippen molar-refractivity contribution in [1.82, 2.24) is 14.9 Å². The van der Waals surface area contributed by atoms with Crippen molar-refractivity contribution in [2.45, 2.75) is 26.7 Å². The number of nitrogens with zero attached hydrogens (tertiary/aromatic N) is 2. The van der Waals surface area contributed by atoms with E-state index in [-0.39, 0.29) is 5.95 Å². The van der Waals surface area contributed by atoms with E-state index in [0.29, 0.717) is 17.6 Å². The molecule has 3 N–H and O–H groups in total. The molecule has 0 saturated heterocycles. The molecular formula is C14H18N4O3. The summed E-state index contributed by atoms with van der Waals surface area (Å²) in [6.07, 6.45) is 0.563. The van der Waals surface area contributed by atoms with E-state index >= 15 is 0 Å². The molecule has 0 radical (unpaired) electrons. The molecule has 0 atom stereocenters. The predicted octanol–water partition coefficient (Wildman–Crippen LogP) is 2.79. The number of carbonyl (C=O) groups excluding carboxylic acids is 1. The van der Waals surface area contributed by atoms with Gasteiger partial charge in [0.25, 0.3) is 0 Å². The SMILES string of the molecule is CCCCNC(=O)n1c(NC(=O)O)nc2cc(C)ccc21. The van der Waals surface area contributed by atoms with Gasteiger partial charge in [-0.25, -0.2) is 19.1 Å². The lowest BCUT2D eigenvalue weighted by Gasteiger charge is -2.08. The van der Waals surface area contributed by atoms with Crippen LogP contribution in [-0.4, -0.2) is 33.3 Å². The van der Waals surface area contributed by atoms with Gasteiger partial charge in [0.1, 0.15) is 0 Å². The Bertz CT molecular complexity index is 678. The van der Waals surface area contributed by atoms with Crippen molar-refractivity contribution in [2.75, 3.05) is 11.9 Å². The van der Waals surface area contributed by atoms with Crippen molar-refractivity contribution in [3.63, 3.8) is 0 Å². The molecule has 112 valence electrons. The van der Waals surface area contributed by atoms with Gasteiger partial charge in [0.2, 0.25) is 5.95 Å². The summed E-state index contributed by atoms with van der Waals surface area (Å²) < 4.78 is 1.25. The summed E-state index contributed by atoms with van der Waals surface area (Å²) in [7, 11) is 0. The molecule has 0 unspecified atom stereocenters. The number of carbonyl (C=O) groups is 2. The average molecular weight is 290 g/mol. The lowest BCUT2D eigenvalue weighted by atomic mass is 10.2. The molecule has 0 spiro atoms. The minimum absolute atomic E-state index is 0.00269. The van der Waals surface area contributed by atoms with Gasteiger partial charge in [0.05, 0.1) is 11.0 Å². The van der Waals surface area contributed by atoms with E-state index in [4.69, 9.17) is 5.11 Å². The van der Waals surface area contributed by atoms with E-state index in [1.807, 2.05) is 19.9 Å². The number of imidazole rings is 1. The number of benzene rings is 1. The Labute approximate surface area is 122 Å². The van der Waals surface area contributed by atoms with Crippen LogP contribution in [0.4, 0.5) is 15.5 Å². The highest BCUT2D eigenvalue weighted by Gasteiger charge is 2.18. The van der Waals surface area contributed by atoms with Gasteiger partial charge < -0.3 is 10.4 Å².